The van der Waals surface area contributed by atoms with E-state index in [0.717, 1.165) is 13.4 Å². The Balaban J connectivity index is 0. The number of carbonyl (C=O) groups is 4. The van der Waals surface area contributed by atoms with E-state index in [1.165, 1.54) is 6.92 Å². The molecule has 0 aromatic heterocycles. The minimum atomic E-state index is -0.943. The number of carbonyl (C=O) groups excluding carboxylic acids is 2. The molecule has 3 N–H and O–H groups in total. The average molecular weight is 449 g/mol. The molecule has 0 aromatic carbocycles. The van der Waals surface area contributed by atoms with Gasteiger partial charge in [0.2, 0.25) is 0 Å². The van der Waals surface area contributed by atoms with E-state index in [4.69, 9.17) is 15.3 Å². The summed E-state index contributed by atoms with van der Waals surface area (Å²) in [4.78, 5) is 52.1. The zero-order chi connectivity index (χ0) is 24.2. The summed E-state index contributed by atoms with van der Waals surface area (Å²) in [6.07, 6.45) is 0.817. The Morgan fingerprint density at radius 2 is 0.968 bits per heavy atom. The first-order chi connectivity index (χ1) is 14.8. The van der Waals surface area contributed by atoms with Gasteiger partial charge in [0.25, 0.3) is 0 Å². The second-order valence-electron chi connectivity index (χ2n) is 6.79. The smallest absolute Gasteiger partial charge is 0.317 e. The van der Waals surface area contributed by atoms with E-state index < -0.39 is 11.9 Å². The van der Waals surface area contributed by atoms with Crippen LogP contribution in [0.25, 0.3) is 0 Å². The third-order valence-corrected chi connectivity index (χ3v) is 4.43. The zero-order valence-electron chi connectivity index (χ0n) is 19.3. The fourth-order valence-corrected chi connectivity index (χ4v) is 3.04. The minimum Gasteiger partial charge on any atom is -0.480 e. The SMILES string of the molecule is CC.CC(=O)CN1CCN(CC=O)CCN(CC(=O)O)CCN(CC(=O)O)CC1.CO. The summed E-state index contributed by atoms with van der Waals surface area (Å²) in [5.74, 6) is -1.86. The molecule has 0 atom stereocenters. The Bertz CT molecular complexity index is 488. The van der Waals surface area contributed by atoms with Crippen LogP contribution in [0.3, 0.4) is 0 Å². The summed E-state index contributed by atoms with van der Waals surface area (Å²) >= 11 is 0. The maximum absolute atomic E-state index is 11.5. The van der Waals surface area contributed by atoms with Gasteiger partial charge in [0.05, 0.1) is 26.2 Å². The van der Waals surface area contributed by atoms with Gasteiger partial charge in [-0.2, -0.15) is 0 Å². The highest BCUT2D eigenvalue weighted by Crippen LogP contribution is 2.01. The molecule has 1 saturated heterocycles. The highest BCUT2D eigenvalue weighted by atomic mass is 16.4. The molecule has 31 heavy (non-hydrogen) atoms. The summed E-state index contributed by atoms with van der Waals surface area (Å²) < 4.78 is 0. The number of aliphatic carboxylic acids is 2. The van der Waals surface area contributed by atoms with Crippen LogP contribution in [0.4, 0.5) is 0 Å². The van der Waals surface area contributed by atoms with Crippen molar-refractivity contribution in [2.45, 2.75) is 20.8 Å². The predicted molar refractivity (Wildman–Crippen MR) is 117 cm³/mol. The van der Waals surface area contributed by atoms with Gasteiger partial charge in [-0.15, -0.1) is 0 Å². The molecule has 1 rings (SSSR count). The molecule has 11 heteroatoms. The molecule has 0 saturated carbocycles. The molecule has 0 spiro atoms. The maximum Gasteiger partial charge on any atom is 0.317 e. The lowest BCUT2D eigenvalue weighted by Gasteiger charge is -2.32. The van der Waals surface area contributed by atoms with Crippen molar-refractivity contribution in [3.05, 3.63) is 0 Å². The molecule has 1 heterocycles. The van der Waals surface area contributed by atoms with Crippen LogP contribution in [-0.4, -0.2) is 145 Å². The lowest BCUT2D eigenvalue weighted by molar-refractivity contribution is -0.140. The number of rotatable bonds is 8. The van der Waals surface area contributed by atoms with Gasteiger partial charge < -0.3 is 20.1 Å². The number of aliphatic hydroxyl groups is 1. The Morgan fingerprint density at radius 1 is 0.677 bits per heavy atom. The second kappa shape index (κ2) is 20.0. The van der Waals surface area contributed by atoms with E-state index in [9.17, 15) is 19.2 Å². The quantitative estimate of drug-likeness (QED) is 0.385. The molecule has 0 radical (unpaired) electrons. The summed E-state index contributed by atoms with van der Waals surface area (Å²) in [5.41, 5.74) is 0. The topological polar surface area (TPSA) is 142 Å². The molecular formula is C20H40N4O7. The van der Waals surface area contributed by atoms with Crippen LogP contribution in [0.15, 0.2) is 0 Å². The third-order valence-electron chi connectivity index (χ3n) is 4.43. The van der Waals surface area contributed by atoms with E-state index in [2.05, 4.69) is 0 Å². The molecule has 182 valence electrons. The molecule has 0 amide bonds. The molecule has 0 bridgehead atoms. The lowest BCUT2D eigenvalue weighted by Crippen LogP contribution is -2.48. The van der Waals surface area contributed by atoms with Crippen molar-refractivity contribution >= 4 is 24.0 Å². The number of carboxylic acids is 2. The van der Waals surface area contributed by atoms with Crippen LogP contribution in [0.5, 0.6) is 0 Å². The highest BCUT2D eigenvalue weighted by Gasteiger charge is 2.19. The fourth-order valence-electron chi connectivity index (χ4n) is 3.04. The van der Waals surface area contributed by atoms with Gasteiger partial charge in [-0.25, -0.2) is 0 Å². The Morgan fingerprint density at radius 3 is 1.23 bits per heavy atom. The standard InChI is InChI=1S/C17H30N4O6.C2H6.CH4O/c1-15(23)12-19-4-2-18(10-11-22)3-5-20(13-16(24)25)8-9-21(7-6-19)14-17(26)27;2*1-2/h11H,2-10,12-14H2,1H3,(H,24,25)(H,26,27);1-2H3;2H,1H3. The minimum absolute atomic E-state index is 0.0291. The van der Waals surface area contributed by atoms with Crippen molar-refractivity contribution in [1.82, 2.24) is 19.6 Å². The molecule has 0 aromatic rings. The summed E-state index contributed by atoms with van der Waals surface area (Å²) in [6.45, 7) is 9.75. The van der Waals surface area contributed by atoms with E-state index in [1.54, 1.807) is 9.80 Å². The van der Waals surface area contributed by atoms with Crippen molar-refractivity contribution in [2.75, 3.05) is 85.6 Å². The average Bonchev–Trinajstić information content (AvgIpc) is 2.72. The second-order valence-corrected chi connectivity index (χ2v) is 6.79. The largest absolute Gasteiger partial charge is 0.480 e. The number of hydrogen-bond acceptors (Lipinski definition) is 9. The van der Waals surface area contributed by atoms with Crippen molar-refractivity contribution < 1.29 is 34.5 Å². The van der Waals surface area contributed by atoms with E-state index >= 15 is 0 Å². The predicted octanol–water partition coefficient (Wildman–Crippen LogP) is -1.20. The molecule has 0 aliphatic carbocycles. The lowest BCUT2D eigenvalue weighted by atomic mass is 10.3. The number of carboxylic acid groups (broad SMARTS) is 2. The number of Topliss-reactive ketones (excluding diaryl/α,β-unsaturated/α-hetero) is 1. The van der Waals surface area contributed by atoms with Crippen molar-refractivity contribution in [3.63, 3.8) is 0 Å². The van der Waals surface area contributed by atoms with E-state index in [1.807, 2.05) is 23.6 Å². The zero-order valence-corrected chi connectivity index (χ0v) is 19.3. The van der Waals surface area contributed by atoms with Gasteiger partial charge >= 0.3 is 11.9 Å². The Hall–Kier alpha value is -1.92. The van der Waals surface area contributed by atoms with Gasteiger partial charge in [0, 0.05) is 59.5 Å². The number of ketones is 1. The van der Waals surface area contributed by atoms with Crippen LogP contribution in [-0.2, 0) is 19.2 Å². The Labute approximate surface area is 185 Å². The van der Waals surface area contributed by atoms with Gasteiger partial charge in [-0.05, 0) is 6.92 Å². The molecule has 1 aliphatic rings. The fraction of sp³-hybridized carbons (Fsp3) is 0.800. The number of nitrogens with zero attached hydrogens (tertiary/aromatic N) is 4. The first kappa shape index (κ1) is 31.3. The van der Waals surface area contributed by atoms with Crippen molar-refractivity contribution in [2.24, 2.45) is 0 Å². The van der Waals surface area contributed by atoms with Crippen LogP contribution < -0.4 is 0 Å². The monoisotopic (exact) mass is 448 g/mol. The maximum atomic E-state index is 11.5. The molecule has 1 aliphatic heterocycles. The van der Waals surface area contributed by atoms with Crippen molar-refractivity contribution in [3.8, 4) is 0 Å². The van der Waals surface area contributed by atoms with Crippen LogP contribution in [0.1, 0.15) is 20.8 Å². The van der Waals surface area contributed by atoms with Gasteiger partial charge in [-0.1, -0.05) is 13.8 Å². The number of aliphatic hydroxyl groups excluding tert-OH is 1. The highest BCUT2D eigenvalue weighted by molar-refractivity contribution is 5.77. The first-order valence-corrected chi connectivity index (χ1v) is 10.5. The molecular weight excluding hydrogens is 408 g/mol. The van der Waals surface area contributed by atoms with Crippen molar-refractivity contribution in [1.29, 1.82) is 0 Å². The molecule has 1 fully saturated rings. The first-order valence-electron chi connectivity index (χ1n) is 10.5. The molecule has 11 nitrogen and oxygen atoms in total. The van der Waals surface area contributed by atoms with Gasteiger partial charge in [0.15, 0.2) is 0 Å². The number of hydrogen-bond donors (Lipinski definition) is 3. The van der Waals surface area contributed by atoms with Crippen LogP contribution >= 0.6 is 0 Å². The van der Waals surface area contributed by atoms with Crippen LogP contribution in [0.2, 0.25) is 0 Å². The van der Waals surface area contributed by atoms with E-state index in [0.29, 0.717) is 52.4 Å². The number of aldehydes is 1. The summed E-state index contributed by atoms with van der Waals surface area (Å²) in [7, 11) is 1.00. The summed E-state index contributed by atoms with van der Waals surface area (Å²) in [6, 6.07) is 0. The normalized spacial score (nSPS) is 17.6. The van der Waals surface area contributed by atoms with Crippen LogP contribution in [0, 0.1) is 0 Å². The third kappa shape index (κ3) is 17.5. The van der Waals surface area contributed by atoms with Gasteiger partial charge in [-0.3, -0.25) is 34.0 Å². The molecule has 0 unspecified atom stereocenters. The van der Waals surface area contributed by atoms with Gasteiger partial charge in [0.1, 0.15) is 12.1 Å². The Kier molecular flexibility index (Phi) is 20.2. The van der Waals surface area contributed by atoms with E-state index in [-0.39, 0.29) is 32.0 Å². The summed E-state index contributed by atoms with van der Waals surface area (Å²) in [5, 5.41) is 25.2.